The molecule has 0 aromatic carbocycles. The summed E-state index contributed by atoms with van der Waals surface area (Å²) in [6.45, 7) is 10.2. The SMILES string of the molecule is CCOC(=O)N1CCC(NC(=NC)NCCCCN(C)C(C)C)CC1.I. The molecule has 0 aromatic heterocycles. The van der Waals surface area contributed by atoms with Crippen LogP contribution in [-0.4, -0.2) is 80.8 Å². The van der Waals surface area contributed by atoms with Gasteiger partial charge in [0.1, 0.15) is 0 Å². The fraction of sp³-hybridized carbons (Fsp3) is 0.889. The van der Waals surface area contributed by atoms with Gasteiger partial charge in [-0.3, -0.25) is 4.99 Å². The zero-order valence-electron chi connectivity index (χ0n) is 17.1. The molecule has 1 fully saturated rings. The number of halogens is 1. The van der Waals surface area contributed by atoms with Crippen molar-refractivity contribution in [3.63, 3.8) is 0 Å². The van der Waals surface area contributed by atoms with Gasteiger partial charge in [-0.25, -0.2) is 4.79 Å². The van der Waals surface area contributed by atoms with Crippen molar-refractivity contribution >= 4 is 36.0 Å². The monoisotopic (exact) mass is 483 g/mol. The highest BCUT2D eigenvalue weighted by Gasteiger charge is 2.23. The van der Waals surface area contributed by atoms with E-state index in [4.69, 9.17) is 4.74 Å². The Labute approximate surface area is 176 Å². The summed E-state index contributed by atoms with van der Waals surface area (Å²) in [5.41, 5.74) is 0. The summed E-state index contributed by atoms with van der Waals surface area (Å²) in [4.78, 5) is 20.2. The first-order chi connectivity index (χ1) is 12.0. The van der Waals surface area contributed by atoms with Gasteiger partial charge in [0.2, 0.25) is 0 Å². The largest absolute Gasteiger partial charge is 0.450 e. The molecule has 0 saturated carbocycles. The second-order valence-electron chi connectivity index (χ2n) is 6.89. The van der Waals surface area contributed by atoms with E-state index in [9.17, 15) is 4.79 Å². The molecule has 2 N–H and O–H groups in total. The molecule has 1 aliphatic heterocycles. The molecule has 1 heterocycles. The van der Waals surface area contributed by atoms with Crippen molar-refractivity contribution in [2.75, 3.05) is 46.9 Å². The van der Waals surface area contributed by atoms with E-state index in [2.05, 4.69) is 41.4 Å². The van der Waals surface area contributed by atoms with E-state index in [1.807, 2.05) is 6.92 Å². The van der Waals surface area contributed by atoms with Gasteiger partial charge in [0.15, 0.2) is 5.96 Å². The first-order valence-electron chi connectivity index (χ1n) is 9.57. The van der Waals surface area contributed by atoms with E-state index >= 15 is 0 Å². The number of hydrogen-bond acceptors (Lipinski definition) is 4. The Morgan fingerprint density at radius 3 is 2.50 bits per heavy atom. The molecule has 1 rings (SSSR count). The highest BCUT2D eigenvalue weighted by Crippen LogP contribution is 2.11. The Morgan fingerprint density at radius 1 is 1.31 bits per heavy atom. The maximum atomic E-state index is 11.7. The number of ether oxygens (including phenoxy) is 1. The lowest BCUT2D eigenvalue weighted by Gasteiger charge is -2.32. The molecule has 0 spiro atoms. The molecule has 0 radical (unpaired) electrons. The Morgan fingerprint density at radius 2 is 1.96 bits per heavy atom. The van der Waals surface area contributed by atoms with E-state index in [0.29, 0.717) is 18.7 Å². The summed E-state index contributed by atoms with van der Waals surface area (Å²) in [6, 6.07) is 0.951. The van der Waals surface area contributed by atoms with Crippen LogP contribution in [0, 0.1) is 0 Å². The Balaban J connectivity index is 0.00000625. The van der Waals surface area contributed by atoms with E-state index in [0.717, 1.165) is 51.4 Å². The first kappa shape index (κ1) is 25.2. The van der Waals surface area contributed by atoms with Gasteiger partial charge in [-0.15, -0.1) is 24.0 Å². The van der Waals surface area contributed by atoms with Crippen LogP contribution in [0.1, 0.15) is 46.5 Å². The molecular formula is C18H38IN5O2. The lowest BCUT2D eigenvalue weighted by molar-refractivity contribution is 0.0963. The van der Waals surface area contributed by atoms with Gasteiger partial charge in [0, 0.05) is 38.8 Å². The summed E-state index contributed by atoms with van der Waals surface area (Å²) in [6.07, 6.45) is 3.93. The van der Waals surface area contributed by atoms with Crippen molar-refractivity contribution < 1.29 is 9.53 Å². The van der Waals surface area contributed by atoms with Crippen LogP contribution in [0.3, 0.4) is 0 Å². The fourth-order valence-corrected chi connectivity index (χ4v) is 2.76. The van der Waals surface area contributed by atoms with Gasteiger partial charge in [0.25, 0.3) is 0 Å². The molecular weight excluding hydrogens is 445 g/mol. The van der Waals surface area contributed by atoms with Gasteiger partial charge in [0.05, 0.1) is 6.61 Å². The van der Waals surface area contributed by atoms with E-state index in [1.165, 1.54) is 6.42 Å². The minimum Gasteiger partial charge on any atom is -0.450 e. The second-order valence-corrected chi connectivity index (χ2v) is 6.89. The maximum Gasteiger partial charge on any atom is 0.409 e. The molecule has 154 valence electrons. The molecule has 26 heavy (non-hydrogen) atoms. The number of rotatable bonds is 8. The van der Waals surface area contributed by atoms with Gasteiger partial charge in [-0.2, -0.15) is 0 Å². The van der Waals surface area contributed by atoms with Crippen molar-refractivity contribution in [3.8, 4) is 0 Å². The number of aliphatic imine (C=N–C) groups is 1. The minimum atomic E-state index is -0.199. The van der Waals surface area contributed by atoms with Crippen molar-refractivity contribution in [2.45, 2.75) is 58.5 Å². The number of carbonyl (C=O) groups excluding carboxylic acids is 1. The smallest absolute Gasteiger partial charge is 0.409 e. The number of unbranched alkanes of at least 4 members (excludes halogenated alkanes) is 1. The number of hydrogen-bond donors (Lipinski definition) is 2. The van der Waals surface area contributed by atoms with Crippen LogP contribution in [0.5, 0.6) is 0 Å². The molecule has 0 aliphatic carbocycles. The van der Waals surface area contributed by atoms with Gasteiger partial charge in [-0.1, -0.05) is 0 Å². The molecule has 7 nitrogen and oxygen atoms in total. The number of nitrogens with one attached hydrogen (secondary N) is 2. The van der Waals surface area contributed by atoms with Crippen LogP contribution < -0.4 is 10.6 Å². The Hall–Kier alpha value is -0.770. The van der Waals surface area contributed by atoms with E-state index in [-0.39, 0.29) is 30.1 Å². The molecule has 1 saturated heterocycles. The number of likely N-dealkylation sites (tertiary alicyclic amines) is 1. The van der Waals surface area contributed by atoms with Crippen LogP contribution in [0.4, 0.5) is 4.79 Å². The van der Waals surface area contributed by atoms with Crippen LogP contribution in [0.2, 0.25) is 0 Å². The third kappa shape index (κ3) is 9.80. The lowest BCUT2D eigenvalue weighted by Crippen LogP contribution is -2.50. The molecule has 0 bridgehead atoms. The third-order valence-corrected chi connectivity index (χ3v) is 4.70. The fourth-order valence-electron chi connectivity index (χ4n) is 2.76. The summed E-state index contributed by atoms with van der Waals surface area (Å²) in [5, 5.41) is 6.85. The topological polar surface area (TPSA) is 69.2 Å². The minimum absolute atomic E-state index is 0. The third-order valence-electron chi connectivity index (χ3n) is 4.70. The quantitative estimate of drug-likeness (QED) is 0.240. The van der Waals surface area contributed by atoms with Crippen LogP contribution >= 0.6 is 24.0 Å². The molecule has 1 amide bonds. The van der Waals surface area contributed by atoms with Gasteiger partial charge in [-0.05, 0) is 60.0 Å². The summed E-state index contributed by atoms with van der Waals surface area (Å²) >= 11 is 0. The normalized spacial score (nSPS) is 15.8. The summed E-state index contributed by atoms with van der Waals surface area (Å²) in [5.74, 6) is 0.854. The van der Waals surface area contributed by atoms with Crippen molar-refractivity contribution in [2.24, 2.45) is 4.99 Å². The highest BCUT2D eigenvalue weighted by molar-refractivity contribution is 14.0. The van der Waals surface area contributed by atoms with Crippen molar-refractivity contribution in [3.05, 3.63) is 0 Å². The van der Waals surface area contributed by atoms with Crippen molar-refractivity contribution in [1.82, 2.24) is 20.4 Å². The van der Waals surface area contributed by atoms with Crippen LogP contribution in [-0.2, 0) is 4.74 Å². The number of guanidine groups is 1. The molecule has 0 unspecified atom stereocenters. The standard InChI is InChI=1S/C18H37N5O2.HI/c1-6-25-18(24)23-13-9-16(10-14-23)21-17(19-4)20-11-7-8-12-22(5)15(2)3;/h15-16H,6-14H2,1-5H3,(H2,19,20,21);1H. The first-order valence-corrected chi connectivity index (χ1v) is 9.57. The highest BCUT2D eigenvalue weighted by atomic mass is 127. The number of amides is 1. The van der Waals surface area contributed by atoms with Gasteiger partial charge >= 0.3 is 6.09 Å². The van der Waals surface area contributed by atoms with Crippen LogP contribution in [0.15, 0.2) is 4.99 Å². The molecule has 8 heteroatoms. The predicted octanol–water partition coefficient (Wildman–Crippen LogP) is 2.51. The maximum absolute atomic E-state index is 11.7. The average Bonchev–Trinajstić information content (AvgIpc) is 2.60. The van der Waals surface area contributed by atoms with Gasteiger partial charge < -0.3 is 25.2 Å². The second kappa shape index (κ2) is 14.3. The average molecular weight is 483 g/mol. The Kier molecular flexibility index (Phi) is 13.9. The predicted molar refractivity (Wildman–Crippen MR) is 119 cm³/mol. The summed E-state index contributed by atoms with van der Waals surface area (Å²) in [7, 11) is 3.97. The lowest BCUT2D eigenvalue weighted by atomic mass is 10.1. The Bertz CT molecular complexity index is 412. The molecule has 0 atom stereocenters. The van der Waals surface area contributed by atoms with E-state index in [1.54, 1.807) is 11.9 Å². The molecule has 0 aromatic rings. The van der Waals surface area contributed by atoms with E-state index < -0.39 is 0 Å². The zero-order chi connectivity index (χ0) is 18.7. The molecule has 1 aliphatic rings. The number of piperidine rings is 1. The zero-order valence-corrected chi connectivity index (χ0v) is 19.4. The number of nitrogens with zero attached hydrogens (tertiary/aromatic N) is 3. The van der Waals surface area contributed by atoms with Crippen LogP contribution in [0.25, 0.3) is 0 Å². The number of carbonyl (C=O) groups is 1. The summed E-state index contributed by atoms with van der Waals surface area (Å²) < 4.78 is 5.05. The van der Waals surface area contributed by atoms with Crippen molar-refractivity contribution in [1.29, 1.82) is 0 Å².